The van der Waals surface area contributed by atoms with Crippen LogP contribution in [0.1, 0.15) is 19.3 Å². The van der Waals surface area contributed by atoms with Gasteiger partial charge in [0.25, 0.3) is 0 Å². The summed E-state index contributed by atoms with van der Waals surface area (Å²) in [6.07, 6.45) is 6.19. The number of esters is 1. The van der Waals surface area contributed by atoms with Crippen molar-refractivity contribution in [3.8, 4) is 0 Å². The molecule has 1 aromatic heterocycles. The summed E-state index contributed by atoms with van der Waals surface area (Å²) >= 11 is 0. The summed E-state index contributed by atoms with van der Waals surface area (Å²) in [6, 6.07) is 5.72. The Morgan fingerprint density at radius 3 is 2.15 bits per heavy atom. The number of hydrogen-bond donors (Lipinski definition) is 0. The molecular formula is C10H13NO2. The molecule has 1 aliphatic heterocycles. The van der Waals surface area contributed by atoms with E-state index in [1.165, 1.54) is 0 Å². The van der Waals surface area contributed by atoms with Crippen molar-refractivity contribution in [2.75, 3.05) is 6.61 Å². The number of aromatic nitrogens is 1. The van der Waals surface area contributed by atoms with E-state index in [1.54, 1.807) is 12.4 Å². The van der Waals surface area contributed by atoms with Crippen molar-refractivity contribution in [2.24, 2.45) is 0 Å². The fourth-order valence-corrected chi connectivity index (χ4v) is 0.942. The molecule has 2 rings (SSSR count). The largest absolute Gasteiger partial charge is 0.466 e. The minimum absolute atomic E-state index is 0.0359. The van der Waals surface area contributed by atoms with Gasteiger partial charge < -0.3 is 4.74 Å². The minimum Gasteiger partial charge on any atom is -0.466 e. The van der Waals surface area contributed by atoms with E-state index in [-0.39, 0.29) is 5.97 Å². The lowest BCUT2D eigenvalue weighted by molar-refractivity contribution is -0.146. The second-order valence-corrected chi connectivity index (χ2v) is 2.70. The van der Waals surface area contributed by atoms with Crippen LogP contribution in [0.2, 0.25) is 0 Å². The van der Waals surface area contributed by atoms with Crippen molar-refractivity contribution in [1.29, 1.82) is 0 Å². The van der Waals surface area contributed by atoms with Gasteiger partial charge in [-0.05, 0) is 25.0 Å². The van der Waals surface area contributed by atoms with E-state index in [2.05, 4.69) is 9.72 Å². The molecule has 0 spiro atoms. The molecule has 0 atom stereocenters. The normalized spacial score (nSPS) is 15.2. The maximum atomic E-state index is 10.2. The zero-order valence-corrected chi connectivity index (χ0v) is 7.48. The lowest BCUT2D eigenvalue weighted by Gasteiger charge is -2.08. The van der Waals surface area contributed by atoms with Crippen LogP contribution in [0.25, 0.3) is 0 Å². The van der Waals surface area contributed by atoms with Crippen LogP contribution in [0.3, 0.4) is 0 Å². The molecule has 1 saturated heterocycles. The highest BCUT2D eigenvalue weighted by Gasteiger charge is 2.06. The molecule has 0 amide bonds. The highest BCUT2D eigenvalue weighted by molar-refractivity contribution is 5.69. The number of carbonyl (C=O) groups excluding carboxylic acids is 1. The Hall–Kier alpha value is -1.38. The van der Waals surface area contributed by atoms with Gasteiger partial charge in [0, 0.05) is 18.8 Å². The molecule has 3 nitrogen and oxygen atoms in total. The quantitative estimate of drug-likeness (QED) is 0.570. The van der Waals surface area contributed by atoms with Crippen molar-refractivity contribution < 1.29 is 9.53 Å². The Labute approximate surface area is 77.8 Å². The molecule has 1 aliphatic rings. The molecule has 0 unspecified atom stereocenters. The summed E-state index contributed by atoms with van der Waals surface area (Å²) in [5.41, 5.74) is 0. The molecule has 3 heteroatoms. The van der Waals surface area contributed by atoms with Crippen LogP contribution in [0.4, 0.5) is 0 Å². The summed E-state index contributed by atoms with van der Waals surface area (Å²) in [5.74, 6) is -0.0359. The highest BCUT2D eigenvalue weighted by Crippen LogP contribution is 2.04. The molecule has 1 aromatic rings. The summed E-state index contributed by atoms with van der Waals surface area (Å²) < 4.78 is 4.64. The number of nitrogens with zero attached hydrogens (tertiary/aromatic N) is 1. The Balaban J connectivity index is 0.000000132. The molecule has 0 N–H and O–H groups in total. The van der Waals surface area contributed by atoms with E-state index in [0.717, 1.165) is 12.8 Å². The van der Waals surface area contributed by atoms with Gasteiger partial charge in [0.15, 0.2) is 0 Å². The lowest BCUT2D eigenvalue weighted by Crippen LogP contribution is -2.10. The maximum absolute atomic E-state index is 10.2. The van der Waals surface area contributed by atoms with Crippen LogP contribution in [0.5, 0.6) is 0 Å². The first-order chi connectivity index (χ1) is 6.39. The number of carbonyl (C=O) groups is 1. The number of rotatable bonds is 0. The topological polar surface area (TPSA) is 39.2 Å². The zero-order valence-electron chi connectivity index (χ0n) is 7.48. The third kappa shape index (κ3) is 4.95. The fourth-order valence-electron chi connectivity index (χ4n) is 0.942. The molecule has 1 fully saturated rings. The van der Waals surface area contributed by atoms with Gasteiger partial charge in [-0.15, -0.1) is 0 Å². The third-order valence-electron chi connectivity index (χ3n) is 1.60. The number of hydrogen-bond acceptors (Lipinski definition) is 3. The van der Waals surface area contributed by atoms with E-state index in [4.69, 9.17) is 0 Å². The summed E-state index contributed by atoms with van der Waals surface area (Å²) in [4.78, 5) is 14.0. The van der Waals surface area contributed by atoms with Crippen LogP contribution in [0.15, 0.2) is 30.6 Å². The van der Waals surface area contributed by atoms with Gasteiger partial charge in [-0.3, -0.25) is 9.78 Å². The Bertz CT molecular complexity index is 201. The van der Waals surface area contributed by atoms with Crippen molar-refractivity contribution in [1.82, 2.24) is 4.98 Å². The molecule has 2 heterocycles. The predicted octanol–water partition coefficient (Wildman–Crippen LogP) is 1.80. The molecular weight excluding hydrogens is 166 g/mol. The number of pyridine rings is 1. The SMILES string of the molecule is O=C1CCCCO1.c1ccncc1. The first-order valence-corrected chi connectivity index (χ1v) is 4.40. The first-order valence-electron chi connectivity index (χ1n) is 4.40. The predicted molar refractivity (Wildman–Crippen MR) is 49.0 cm³/mol. The van der Waals surface area contributed by atoms with E-state index in [1.807, 2.05) is 18.2 Å². The second-order valence-electron chi connectivity index (χ2n) is 2.70. The Morgan fingerprint density at radius 2 is 1.92 bits per heavy atom. The second kappa shape index (κ2) is 6.17. The third-order valence-corrected chi connectivity index (χ3v) is 1.60. The van der Waals surface area contributed by atoms with Crippen molar-refractivity contribution in [3.63, 3.8) is 0 Å². The van der Waals surface area contributed by atoms with Crippen molar-refractivity contribution >= 4 is 5.97 Å². The number of cyclic esters (lactones) is 1. The molecule has 0 aromatic carbocycles. The van der Waals surface area contributed by atoms with Crippen LogP contribution in [-0.4, -0.2) is 17.6 Å². The Morgan fingerprint density at radius 1 is 1.15 bits per heavy atom. The highest BCUT2D eigenvalue weighted by atomic mass is 16.5. The van der Waals surface area contributed by atoms with Gasteiger partial charge in [-0.2, -0.15) is 0 Å². The van der Waals surface area contributed by atoms with E-state index in [0.29, 0.717) is 13.0 Å². The molecule has 0 saturated carbocycles. The van der Waals surface area contributed by atoms with Gasteiger partial charge in [0.2, 0.25) is 0 Å². The van der Waals surface area contributed by atoms with Crippen molar-refractivity contribution in [3.05, 3.63) is 30.6 Å². The summed E-state index contributed by atoms with van der Waals surface area (Å²) in [7, 11) is 0. The van der Waals surface area contributed by atoms with Gasteiger partial charge in [-0.25, -0.2) is 0 Å². The average molecular weight is 179 g/mol. The zero-order chi connectivity index (χ0) is 9.36. The first kappa shape index (κ1) is 9.71. The average Bonchev–Trinajstić information content (AvgIpc) is 2.22. The molecule has 13 heavy (non-hydrogen) atoms. The number of ether oxygens (including phenoxy) is 1. The van der Waals surface area contributed by atoms with E-state index in [9.17, 15) is 4.79 Å². The molecule has 70 valence electrons. The summed E-state index contributed by atoms with van der Waals surface area (Å²) in [6.45, 7) is 0.638. The van der Waals surface area contributed by atoms with Crippen LogP contribution in [0, 0.1) is 0 Å². The minimum atomic E-state index is -0.0359. The van der Waals surface area contributed by atoms with Gasteiger partial charge in [0.05, 0.1) is 6.61 Å². The maximum Gasteiger partial charge on any atom is 0.305 e. The smallest absolute Gasteiger partial charge is 0.305 e. The Kier molecular flexibility index (Phi) is 4.61. The molecule has 0 radical (unpaired) electrons. The monoisotopic (exact) mass is 179 g/mol. The van der Waals surface area contributed by atoms with E-state index >= 15 is 0 Å². The summed E-state index contributed by atoms with van der Waals surface area (Å²) in [5, 5.41) is 0. The van der Waals surface area contributed by atoms with Crippen molar-refractivity contribution in [2.45, 2.75) is 19.3 Å². The van der Waals surface area contributed by atoms with Crippen LogP contribution in [-0.2, 0) is 9.53 Å². The van der Waals surface area contributed by atoms with Gasteiger partial charge in [-0.1, -0.05) is 6.07 Å². The van der Waals surface area contributed by atoms with Gasteiger partial charge >= 0.3 is 5.97 Å². The standard InChI is InChI=1S/C5H5N.C5H8O2/c1-2-4-6-5-3-1;6-5-3-1-2-4-7-5/h1-5H;1-4H2. The van der Waals surface area contributed by atoms with Crippen LogP contribution < -0.4 is 0 Å². The van der Waals surface area contributed by atoms with Gasteiger partial charge in [0.1, 0.15) is 0 Å². The molecule has 0 aliphatic carbocycles. The molecule has 0 bridgehead atoms. The lowest BCUT2D eigenvalue weighted by atomic mass is 10.2. The van der Waals surface area contributed by atoms with Crippen LogP contribution >= 0.6 is 0 Å². The fraction of sp³-hybridized carbons (Fsp3) is 0.400. The van der Waals surface area contributed by atoms with E-state index < -0.39 is 0 Å².